The molecule has 3 nitrogen and oxygen atoms in total. The van der Waals surface area contributed by atoms with Crippen LogP contribution in [0.25, 0.3) is 0 Å². The molecule has 8 heteroatoms. The summed E-state index contributed by atoms with van der Waals surface area (Å²) >= 11 is 22.7. The van der Waals surface area contributed by atoms with E-state index in [1.165, 1.54) is 36.4 Å². The summed E-state index contributed by atoms with van der Waals surface area (Å²) < 4.78 is 12.8. The largest absolute Gasteiger partial charge is 0.331 e. The van der Waals surface area contributed by atoms with E-state index in [9.17, 15) is 9.18 Å². The molecule has 22 heavy (non-hydrogen) atoms. The van der Waals surface area contributed by atoms with Gasteiger partial charge in [0.1, 0.15) is 5.82 Å². The standard InChI is InChI=1S/C14H8Cl3FN2OS/c15-9-5-11(17)12(6-10(9)16)19-14(22)20-13(21)7-1-3-8(18)4-2-7/h1-6H,(H2,19,20,21,22). The Labute approximate surface area is 146 Å². The number of carbonyl (C=O) groups is 1. The first-order chi connectivity index (χ1) is 10.4. The van der Waals surface area contributed by atoms with Gasteiger partial charge in [-0.05, 0) is 48.6 Å². The van der Waals surface area contributed by atoms with E-state index < -0.39 is 11.7 Å². The molecule has 0 saturated carbocycles. The Morgan fingerprint density at radius 3 is 2.23 bits per heavy atom. The van der Waals surface area contributed by atoms with Gasteiger partial charge in [-0.25, -0.2) is 4.39 Å². The molecule has 0 fully saturated rings. The van der Waals surface area contributed by atoms with Gasteiger partial charge in [-0.3, -0.25) is 10.1 Å². The molecule has 0 aliphatic heterocycles. The van der Waals surface area contributed by atoms with Gasteiger partial charge in [0.2, 0.25) is 0 Å². The van der Waals surface area contributed by atoms with E-state index in [-0.39, 0.29) is 10.7 Å². The van der Waals surface area contributed by atoms with Gasteiger partial charge in [-0.15, -0.1) is 0 Å². The molecule has 2 aromatic carbocycles. The first-order valence-electron chi connectivity index (χ1n) is 5.89. The van der Waals surface area contributed by atoms with Crippen molar-refractivity contribution in [2.24, 2.45) is 0 Å². The number of thiocarbonyl (C=S) groups is 1. The maximum absolute atomic E-state index is 12.8. The van der Waals surface area contributed by atoms with Crippen molar-refractivity contribution in [2.75, 3.05) is 5.32 Å². The number of carbonyl (C=O) groups excluding carboxylic acids is 1. The minimum atomic E-state index is -0.478. The molecule has 0 aromatic heterocycles. The van der Waals surface area contributed by atoms with E-state index >= 15 is 0 Å². The summed E-state index contributed by atoms with van der Waals surface area (Å²) in [5.74, 6) is -0.909. The Kier molecular flexibility index (Phi) is 5.58. The molecule has 0 aliphatic carbocycles. The lowest BCUT2D eigenvalue weighted by atomic mass is 10.2. The fourth-order valence-electron chi connectivity index (χ4n) is 1.55. The molecule has 114 valence electrons. The number of benzene rings is 2. The smallest absolute Gasteiger partial charge is 0.257 e. The van der Waals surface area contributed by atoms with Gasteiger partial charge in [0, 0.05) is 5.56 Å². The van der Waals surface area contributed by atoms with Gasteiger partial charge in [0.15, 0.2) is 5.11 Å². The van der Waals surface area contributed by atoms with Crippen molar-refractivity contribution >= 4 is 63.7 Å². The first kappa shape index (κ1) is 17.0. The minimum Gasteiger partial charge on any atom is -0.331 e. The SMILES string of the molecule is O=C(NC(=S)Nc1cc(Cl)c(Cl)cc1Cl)c1ccc(F)cc1. The molecular formula is C14H8Cl3FN2OS. The molecule has 0 spiro atoms. The predicted octanol–water partition coefficient (Wildman–Crippen LogP) is 4.91. The van der Waals surface area contributed by atoms with E-state index in [1.807, 2.05) is 0 Å². The quantitative estimate of drug-likeness (QED) is 0.577. The molecule has 0 saturated heterocycles. The van der Waals surface area contributed by atoms with Crippen LogP contribution in [0.3, 0.4) is 0 Å². The van der Waals surface area contributed by atoms with Crippen LogP contribution < -0.4 is 10.6 Å². The summed E-state index contributed by atoms with van der Waals surface area (Å²) in [6.07, 6.45) is 0. The van der Waals surface area contributed by atoms with Crippen LogP contribution in [0.15, 0.2) is 36.4 Å². The third kappa shape index (κ3) is 4.30. The third-order valence-electron chi connectivity index (χ3n) is 2.59. The second-order valence-electron chi connectivity index (χ2n) is 4.16. The van der Waals surface area contributed by atoms with E-state index in [2.05, 4.69) is 10.6 Å². The highest BCUT2D eigenvalue weighted by Crippen LogP contribution is 2.32. The molecule has 0 aliphatic rings. The average molecular weight is 378 g/mol. The zero-order chi connectivity index (χ0) is 16.3. The van der Waals surface area contributed by atoms with Crippen molar-refractivity contribution in [3.05, 3.63) is 62.8 Å². The number of nitrogens with one attached hydrogen (secondary N) is 2. The molecular weight excluding hydrogens is 370 g/mol. The molecule has 0 radical (unpaired) electrons. The second-order valence-corrected chi connectivity index (χ2v) is 5.79. The lowest BCUT2D eigenvalue weighted by Gasteiger charge is -2.12. The number of halogens is 4. The van der Waals surface area contributed by atoms with Gasteiger partial charge in [0.05, 0.1) is 20.8 Å². The summed E-state index contributed by atoms with van der Waals surface area (Å²) in [5.41, 5.74) is 0.672. The fraction of sp³-hybridized carbons (Fsp3) is 0. The van der Waals surface area contributed by atoms with Gasteiger partial charge in [-0.2, -0.15) is 0 Å². The van der Waals surface area contributed by atoms with Gasteiger partial charge >= 0.3 is 0 Å². The maximum atomic E-state index is 12.8. The van der Waals surface area contributed by atoms with Crippen molar-refractivity contribution in [3.8, 4) is 0 Å². The Morgan fingerprint density at radius 2 is 1.59 bits per heavy atom. The van der Waals surface area contributed by atoms with Crippen molar-refractivity contribution in [3.63, 3.8) is 0 Å². The Morgan fingerprint density at radius 1 is 1.00 bits per heavy atom. The van der Waals surface area contributed by atoms with Crippen LogP contribution in [0.2, 0.25) is 15.1 Å². The second kappa shape index (κ2) is 7.24. The molecule has 0 atom stereocenters. The van der Waals surface area contributed by atoms with Crippen molar-refractivity contribution in [1.29, 1.82) is 0 Å². The number of anilines is 1. The molecule has 2 N–H and O–H groups in total. The summed E-state index contributed by atoms with van der Waals surface area (Å²) in [4.78, 5) is 11.9. The monoisotopic (exact) mass is 376 g/mol. The van der Waals surface area contributed by atoms with Gasteiger partial charge < -0.3 is 5.32 Å². The summed E-state index contributed by atoms with van der Waals surface area (Å²) in [7, 11) is 0. The van der Waals surface area contributed by atoms with Gasteiger partial charge in [0.25, 0.3) is 5.91 Å². The summed E-state index contributed by atoms with van der Waals surface area (Å²) in [5, 5.41) is 6.11. The van der Waals surface area contributed by atoms with Crippen molar-refractivity contribution in [1.82, 2.24) is 5.32 Å². The third-order valence-corrected chi connectivity index (χ3v) is 3.83. The fourth-order valence-corrected chi connectivity index (χ4v) is 2.35. The normalized spacial score (nSPS) is 10.2. The molecule has 2 rings (SSSR count). The average Bonchev–Trinajstić information content (AvgIpc) is 2.45. The van der Waals surface area contributed by atoms with Crippen LogP contribution in [-0.2, 0) is 0 Å². The Hall–Kier alpha value is -1.40. The molecule has 2 aromatic rings. The van der Waals surface area contributed by atoms with Gasteiger partial charge in [-0.1, -0.05) is 34.8 Å². The molecule has 0 bridgehead atoms. The van der Waals surface area contributed by atoms with Crippen LogP contribution in [0.4, 0.5) is 10.1 Å². The van der Waals surface area contributed by atoms with Crippen LogP contribution >= 0.6 is 47.0 Å². The summed E-state index contributed by atoms with van der Waals surface area (Å²) in [6.45, 7) is 0. The van der Waals surface area contributed by atoms with Crippen LogP contribution in [0, 0.1) is 5.82 Å². The lowest BCUT2D eigenvalue weighted by molar-refractivity contribution is 0.0977. The van der Waals surface area contributed by atoms with E-state index in [0.717, 1.165) is 0 Å². The Bertz CT molecular complexity index is 738. The summed E-state index contributed by atoms with van der Waals surface area (Å²) in [6, 6.07) is 8.00. The van der Waals surface area contributed by atoms with Crippen molar-refractivity contribution in [2.45, 2.75) is 0 Å². The Balaban J connectivity index is 2.05. The first-order valence-corrected chi connectivity index (χ1v) is 7.43. The minimum absolute atomic E-state index is 0.0228. The van der Waals surface area contributed by atoms with E-state index in [0.29, 0.717) is 20.8 Å². The highest BCUT2D eigenvalue weighted by molar-refractivity contribution is 7.80. The molecule has 0 heterocycles. The number of hydrogen-bond donors (Lipinski definition) is 2. The highest BCUT2D eigenvalue weighted by atomic mass is 35.5. The number of hydrogen-bond acceptors (Lipinski definition) is 2. The van der Waals surface area contributed by atoms with E-state index in [4.69, 9.17) is 47.0 Å². The zero-order valence-electron chi connectivity index (χ0n) is 10.8. The van der Waals surface area contributed by atoms with Crippen molar-refractivity contribution < 1.29 is 9.18 Å². The topological polar surface area (TPSA) is 41.1 Å². The van der Waals surface area contributed by atoms with Crippen LogP contribution in [0.5, 0.6) is 0 Å². The number of amides is 1. The lowest BCUT2D eigenvalue weighted by Crippen LogP contribution is -2.34. The predicted molar refractivity (Wildman–Crippen MR) is 91.6 cm³/mol. The van der Waals surface area contributed by atoms with Crippen LogP contribution in [0.1, 0.15) is 10.4 Å². The van der Waals surface area contributed by atoms with E-state index in [1.54, 1.807) is 0 Å². The highest BCUT2D eigenvalue weighted by Gasteiger charge is 2.11. The molecule has 0 unspecified atom stereocenters. The maximum Gasteiger partial charge on any atom is 0.257 e. The zero-order valence-corrected chi connectivity index (χ0v) is 13.9. The number of rotatable bonds is 2. The molecule has 1 amide bonds. The van der Waals surface area contributed by atoms with Crippen LogP contribution in [-0.4, -0.2) is 11.0 Å².